The highest BCUT2D eigenvalue weighted by atomic mass is 14.0. The Morgan fingerprint density at radius 2 is 0.955 bits per heavy atom. The normalized spacial score (nSPS) is 10.8. The van der Waals surface area contributed by atoms with Crippen molar-refractivity contribution >= 4 is 0 Å². The first-order valence-corrected chi connectivity index (χ1v) is 8.85. The minimum Gasteiger partial charge on any atom is -0.0617 e. The van der Waals surface area contributed by atoms with Crippen molar-refractivity contribution in [3.63, 3.8) is 0 Å². The van der Waals surface area contributed by atoms with E-state index in [1.807, 2.05) is 0 Å². The van der Waals surface area contributed by atoms with Crippen LogP contribution in [0.15, 0.2) is 48.5 Å². The molecular formula is C22H30. The zero-order valence-corrected chi connectivity index (χ0v) is 14.3. The molecule has 0 heteroatoms. The summed E-state index contributed by atoms with van der Waals surface area (Å²) in [6.07, 6.45) is 10.7. The first kappa shape index (κ1) is 16.8. The van der Waals surface area contributed by atoms with E-state index in [2.05, 4.69) is 62.4 Å². The summed E-state index contributed by atoms with van der Waals surface area (Å²) in [6.45, 7) is 4.36. The maximum atomic E-state index is 2.32. The summed E-state index contributed by atoms with van der Waals surface area (Å²) in [6, 6.07) is 17.9. The molecule has 0 N–H and O–H groups in total. The fourth-order valence-corrected chi connectivity index (χ4v) is 3.10. The first-order chi connectivity index (χ1) is 10.7. The van der Waals surface area contributed by atoms with Gasteiger partial charge in [-0.25, -0.2) is 0 Å². The maximum Gasteiger partial charge on any atom is -0.0279 e. The predicted octanol–water partition coefficient (Wildman–Crippen LogP) is 6.43. The zero-order valence-electron chi connectivity index (χ0n) is 14.3. The van der Waals surface area contributed by atoms with Gasteiger partial charge in [0.05, 0.1) is 0 Å². The molecule has 118 valence electrons. The molecule has 0 amide bonds. The van der Waals surface area contributed by atoms with Crippen LogP contribution in [-0.4, -0.2) is 0 Å². The minimum absolute atomic E-state index is 1.24. The molecular weight excluding hydrogens is 264 g/mol. The molecule has 0 aromatic heterocycles. The molecule has 0 atom stereocenters. The molecule has 0 fully saturated rings. The Balaban J connectivity index is 1.49. The SMILES string of the molecule is Cc1cccc(CCCCCCCCc2cccc(C)c2)c1. The Hall–Kier alpha value is -1.56. The molecule has 0 saturated carbocycles. The summed E-state index contributed by atoms with van der Waals surface area (Å²) in [5, 5.41) is 0. The van der Waals surface area contributed by atoms with Crippen LogP contribution in [-0.2, 0) is 12.8 Å². The Morgan fingerprint density at radius 1 is 0.545 bits per heavy atom. The Bertz CT molecular complexity index is 502. The van der Waals surface area contributed by atoms with Gasteiger partial charge in [0.15, 0.2) is 0 Å². The van der Waals surface area contributed by atoms with Gasteiger partial charge < -0.3 is 0 Å². The van der Waals surface area contributed by atoms with E-state index in [1.54, 1.807) is 0 Å². The number of unbranched alkanes of at least 4 members (excludes halogenated alkanes) is 5. The lowest BCUT2D eigenvalue weighted by atomic mass is 10.0. The van der Waals surface area contributed by atoms with Crippen molar-refractivity contribution in [3.8, 4) is 0 Å². The zero-order chi connectivity index (χ0) is 15.6. The Labute approximate surface area is 136 Å². The van der Waals surface area contributed by atoms with Gasteiger partial charge in [-0.15, -0.1) is 0 Å². The molecule has 0 unspecified atom stereocenters. The van der Waals surface area contributed by atoms with Gasteiger partial charge in [-0.3, -0.25) is 0 Å². The number of benzene rings is 2. The molecule has 0 heterocycles. The average Bonchev–Trinajstić information content (AvgIpc) is 2.50. The Kier molecular flexibility index (Phi) is 7.22. The van der Waals surface area contributed by atoms with E-state index in [1.165, 1.54) is 73.6 Å². The monoisotopic (exact) mass is 294 g/mol. The van der Waals surface area contributed by atoms with Gasteiger partial charge in [-0.2, -0.15) is 0 Å². The fraction of sp³-hybridized carbons (Fsp3) is 0.455. The van der Waals surface area contributed by atoms with Crippen molar-refractivity contribution in [3.05, 3.63) is 70.8 Å². The third-order valence-electron chi connectivity index (χ3n) is 4.35. The lowest BCUT2D eigenvalue weighted by Crippen LogP contribution is -1.89. The fourth-order valence-electron chi connectivity index (χ4n) is 3.10. The molecule has 0 aliphatic carbocycles. The van der Waals surface area contributed by atoms with Gasteiger partial charge in [0, 0.05) is 0 Å². The summed E-state index contributed by atoms with van der Waals surface area (Å²) in [5.41, 5.74) is 5.76. The van der Waals surface area contributed by atoms with E-state index in [0.717, 1.165) is 0 Å². The van der Waals surface area contributed by atoms with Crippen LogP contribution in [0.25, 0.3) is 0 Å². The second-order valence-corrected chi connectivity index (χ2v) is 6.60. The quantitative estimate of drug-likeness (QED) is 0.467. The first-order valence-electron chi connectivity index (χ1n) is 8.85. The van der Waals surface area contributed by atoms with E-state index in [4.69, 9.17) is 0 Å². The van der Waals surface area contributed by atoms with Crippen LogP contribution in [0.1, 0.15) is 60.8 Å². The van der Waals surface area contributed by atoms with Crippen LogP contribution in [0.5, 0.6) is 0 Å². The lowest BCUT2D eigenvalue weighted by Gasteiger charge is -2.04. The summed E-state index contributed by atoms with van der Waals surface area (Å²) in [5.74, 6) is 0. The number of rotatable bonds is 9. The molecule has 2 aromatic carbocycles. The topological polar surface area (TPSA) is 0 Å². The van der Waals surface area contributed by atoms with Crippen molar-refractivity contribution in [1.29, 1.82) is 0 Å². The van der Waals surface area contributed by atoms with Gasteiger partial charge in [0.2, 0.25) is 0 Å². The molecule has 0 nitrogen and oxygen atoms in total. The van der Waals surface area contributed by atoms with Crippen molar-refractivity contribution in [2.24, 2.45) is 0 Å². The van der Waals surface area contributed by atoms with Gasteiger partial charge in [0.25, 0.3) is 0 Å². The van der Waals surface area contributed by atoms with E-state index in [-0.39, 0.29) is 0 Å². The van der Waals surface area contributed by atoms with Crippen molar-refractivity contribution < 1.29 is 0 Å². The third-order valence-corrected chi connectivity index (χ3v) is 4.35. The number of aryl methyl sites for hydroxylation is 4. The van der Waals surface area contributed by atoms with Crippen LogP contribution in [0.4, 0.5) is 0 Å². The smallest absolute Gasteiger partial charge is 0.0279 e. The summed E-state index contributed by atoms with van der Waals surface area (Å²) >= 11 is 0. The molecule has 0 aliphatic heterocycles. The average molecular weight is 294 g/mol. The lowest BCUT2D eigenvalue weighted by molar-refractivity contribution is 0.594. The number of hydrogen-bond donors (Lipinski definition) is 0. The highest BCUT2D eigenvalue weighted by molar-refractivity contribution is 5.22. The summed E-state index contributed by atoms with van der Waals surface area (Å²) in [7, 11) is 0. The summed E-state index contributed by atoms with van der Waals surface area (Å²) in [4.78, 5) is 0. The van der Waals surface area contributed by atoms with Crippen molar-refractivity contribution in [1.82, 2.24) is 0 Å². The highest BCUT2D eigenvalue weighted by Crippen LogP contribution is 2.13. The van der Waals surface area contributed by atoms with Crippen LogP contribution in [0, 0.1) is 13.8 Å². The van der Waals surface area contributed by atoms with Gasteiger partial charge in [-0.1, -0.05) is 85.3 Å². The van der Waals surface area contributed by atoms with Crippen molar-refractivity contribution in [2.45, 2.75) is 65.2 Å². The van der Waals surface area contributed by atoms with Gasteiger partial charge in [-0.05, 0) is 50.7 Å². The molecule has 0 spiro atoms. The largest absolute Gasteiger partial charge is 0.0617 e. The van der Waals surface area contributed by atoms with E-state index in [9.17, 15) is 0 Å². The molecule has 2 rings (SSSR count). The van der Waals surface area contributed by atoms with Gasteiger partial charge >= 0.3 is 0 Å². The molecule has 0 aliphatic rings. The van der Waals surface area contributed by atoms with Crippen molar-refractivity contribution in [2.75, 3.05) is 0 Å². The minimum atomic E-state index is 1.24. The molecule has 0 bridgehead atoms. The maximum absolute atomic E-state index is 2.32. The standard InChI is InChI=1S/C22H30/c1-19-11-9-15-21(17-19)13-7-5-3-4-6-8-14-22-16-10-12-20(2)18-22/h9-12,15-18H,3-8,13-14H2,1-2H3. The molecule has 22 heavy (non-hydrogen) atoms. The predicted molar refractivity (Wildman–Crippen MR) is 97.5 cm³/mol. The van der Waals surface area contributed by atoms with E-state index < -0.39 is 0 Å². The molecule has 0 radical (unpaired) electrons. The van der Waals surface area contributed by atoms with E-state index in [0.29, 0.717) is 0 Å². The molecule has 0 saturated heterocycles. The van der Waals surface area contributed by atoms with Crippen LogP contribution in [0.2, 0.25) is 0 Å². The van der Waals surface area contributed by atoms with Gasteiger partial charge in [0.1, 0.15) is 0 Å². The highest BCUT2D eigenvalue weighted by Gasteiger charge is 1.96. The Morgan fingerprint density at radius 3 is 1.36 bits per heavy atom. The van der Waals surface area contributed by atoms with Crippen LogP contribution >= 0.6 is 0 Å². The second-order valence-electron chi connectivity index (χ2n) is 6.60. The summed E-state index contributed by atoms with van der Waals surface area (Å²) < 4.78 is 0. The van der Waals surface area contributed by atoms with Crippen LogP contribution in [0.3, 0.4) is 0 Å². The third kappa shape index (κ3) is 6.47. The number of hydrogen-bond acceptors (Lipinski definition) is 0. The van der Waals surface area contributed by atoms with Crippen LogP contribution < -0.4 is 0 Å². The second kappa shape index (κ2) is 9.46. The molecule has 2 aromatic rings. The van der Waals surface area contributed by atoms with E-state index >= 15 is 0 Å².